The summed E-state index contributed by atoms with van der Waals surface area (Å²) in [5.41, 5.74) is 1.28. The lowest BCUT2D eigenvalue weighted by Gasteiger charge is -2.25. The molecule has 2 N–H and O–H groups in total. The standard InChI is InChI=1S/C30H30N8O4S/c1-19-27-35-26(20-6-4-3-5-7-20)36-38(27)13-14-42-24-16-21(8-9-23(24)41-2)29(40)31-11-12-37(17-25(39)34-19)28-22-10-15-43-30(22)33-18-32-28/h3-10,15-16,18-19H,11-14,17H2,1-2H3,(H,31,40)(H,34,39)/t19-/m1/s1. The van der Waals surface area contributed by atoms with Gasteiger partial charge in [0, 0.05) is 24.2 Å². The average molecular weight is 599 g/mol. The Balaban J connectivity index is 1.36. The van der Waals surface area contributed by atoms with Gasteiger partial charge in [-0.3, -0.25) is 9.59 Å². The highest BCUT2D eigenvalue weighted by atomic mass is 32.1. The molecule has 2 aromatic carbocycles. The molecule has 1 aliphatic heterocycles. The van der Waals surface area contributed by atoms with Crippen molar-refractivity contribution in [3.8, 4) is 22.9 Å². The van der Waals surface area contributed by atoms with E-state index in [1.54, 1.807) is 30.0 Å². The van der Waals surface area contributed by atoms with E-state index in [0.29, 0.717) is 47.6 Å². The van der Waals surface area contributed by atoms with Gasteiger partial charge in [-0.15, -0.1) is 11.3 Å². The number of fused-ring (bicyclic) bond motifs is 4. The second kappa shape index (κ2) is 12.4. The minimum atomic E-state index is -0.459. The summed E-state index contributed by atoms with van der Waals surface area (Å²) >= 11 is 1.50. The van der Waals surface area contributed by atoms with Crippen LogP contribution in [0.3, 0.4) is 0 Å². The number of hydrogen-bond donors (Lipinski definition) is 2. The molecule has 43 heavy (non-hydrogen) atoms. The van der Waals surface area contributed by atoms with Crippen molar-refractivity contribution in [3.63, 3.8) is 0 Å². The smallest absolute Gasteiger partial charge is 0.251 e. The number of anilines is 1. The van der Waals surface area contributed by atoms with Crippen LogP contribution in [-0.2, 0) is 11.3 Å². The monoisotopic (exact) mass is 598 g/mol. The number of thiophene rings is 1. The molecule has 12 nitrogen and oxygen atoms in total. The van der Waals surface area contributed by atoms with Gasteiger partial charge in [0.15, 0.2) is 17.3 Å². The zero-order valence-corrected chi connectivity index (χ0v) is 24.5. The number of nitrogens with zero attached hydrogens (tertiary/aromatic N) is 6. The minimum Gasteiger partial charge on any atom is -0.493 e. The van der Waals surface area contributed by atoms with E-state index in [9.17, 15) is 9.59 Å². The summed E-state index contributed by atoms with van der Waals surface area (Å²) in [6.45, 7) is 3.07. The average Bonchev–Trinajstić information content (AvgIpc) is 3.68. The van der Waals surface area contributed by atoms with Crippen molar-refractivity contribution in [2.75, 3.05) is 38.3 Å². The molecule has 0 unspecified atom stereocenters. The summed E-state index contributed by atoms with van der Waals surface area (Å²) in [4.78, 5) is 42.9. The van der Waals surface area contributed by atoms with Crippen molar-refractivity contribution in [1.29, 1.82) is 0 Å². The van der Waals surface area contributed by atoms with Crippen molar-refractivity contribution in [3.05, 3.63) is 77.7 Å². The number of aromatic nitrogens is 5. The van der Waals surface area contributed by atoms with Crippen molar-refractivity contribution < 1.29 is 19.1 Å². The number of carbonyl (C=O) groups excluding carboxylic acids is 2. The third-order valence-electron chi connectivity index (χ3n) is 7.03. The van der Waals surface area contributed by atoms with E-state index in [1.807, 2.05) is 53.6 Å². The molecule has 220 valence electrons. The van der Waals surface area contributed by atoms with E-state index in [0.717, 1.165) is 15.8 Å². The number of hydrogen-bond acceptors (Lipinski definition) is 10. The van der Waals surface area contributed by atoms with Gasteiger partial charge >= 0.3 is 0 Å². The molecule has 2 amide bonds. The fourth-order valence-electron chi connectivity index (χ4n) is 4.94. The van der Waals surface area contributed by atoms with Gasteiger partial charge in [0.05, 0.1) is 31.6 Å². The minimum absolute atomic E-state index is 0.0116. The lowest BCUT2D eigenvalue weighted by atomic mass is 10.2. The molecule has 6 rings (SSSR count). The number of benzene rings is 2. The Labute approximate surface area is 251 Å². The number of methoxy groups -OCH3 is 1. The predicted octanol–water partition coefficient (Wildman–Crippen LogP) is 3.46. The van der Waals surface area contributed by atoms with Crippen LogP contribution in [0.4, 0.5) is 5.82 Å². The maximum Gasteiger partial charge on any atom is 0.251 e. The Morgan fingerprint density at radius 2 is 1.91 bits per heavy atom. The highest BCUT2D eigenvalue weighted by Crippen LogP contribution is 2.29. The van der Waals surface area contributed by atoms with Crippen molar-refractivity contribution in [2.45, 2.75) is 19.5 Å². The summed E-state index contributed by atoms with van der Waals surface area (Å²) in [6.07, 6.45) is 1.49. The number of ether oxygens (including phenoxy) is 2. The Kier molecular flexibility index (Phi) is 8.13. The number of rotatable bonds is 3. The summed E-state index contributed by atoms with van der Waals surface area (Å²) < 4.78 is 13.3. The van der Waals surface area contributed by atoms with Gasteiger partial charge in [-0.25, -0.2) is 19.6 Å². The Hall–Kier alpha value is -5.04. The zero-order chi connectivity index (χ0) is 29.8. The Bertz CT molecular complexity index is 1760. The molecule has 5 aromatic rings. The lowest BCUT2D eigenvalue weighted by Crippen LogP contribution is -2.42. The molecule has 13 heteroatoms. The highest BCUT2D eigenvalue weighted by molar-refractivity contribution is 7.16. The normalized spacial score (nSPS) is 16.5. The van der Waals surface area contributed by atoms with Crippen molar-refractivity contribution in [1.82, 2.24) is 35.4 Å². The summed E-state index contributed by atoms with van der Waals surface area (Å²) in [6, 6.07) is 16.2. The highest BCUT2D eigenvalue weighted by Gasteiger charge is 2.23. The number of carbonyl (C=O) groups is 2. The molecule has 3 aromatic heterocycles. The molecular weight excluding hydrogens is 568 g/mol. The van der Waals surface area contributed by atoms with Crippen LogP contribution in [0, 0.1) is 0 Å². The van der Waals surface area contributed by atoms with E-state index in [-0.39, 0.29) is 31.5 Å². The topological polar surface area (TPSA) is 136 Å². The SMILES string of the molecule is COc1ccc2cc1OCCn1nc(-c3ccccc3)nc1[C@@H](C)NC(=O)CN(c1ncnc3sccc13)CCNC2=O. The molecule has 0 fully saturated rings. The van der Waals surface area contributed by atoms with Gasteiger partial charge in [-0.2, -0.15) is 5.10 Å². The fourth-order valence-corrected chi connectivity index (χ4v) is 5.67. The van der Waals surface area contributed by atoms with Gasteiger partial charge in [-0.1, -0.05) is 30.3 Å². The first-order valence-electron chi connectivity index (χ1n) is 13.8. The van der Waals surface area contributed by atoms with Gasteiger partial charge in [0.25, 0.3) is 5.91 Å². The largest absolute Gasteiger partial charge is 0.493 e. The summed E-state index contributed by atoms with van der Waals surface area (Å²) in [5, 5.41) is 13.5. The van der Waals surface area contributed by atoms with Gasteiger partial charge in [-0.05, 0) is 36.6 Å². The van der Waals surface area contributed by atoms with E-state index >= 15 is 0 Å². The number of nitrogens with one attached hydrogen (secondary N) is 2. The van der Waals surface area contributed by atoms with Gasteiger partial charge < -0.3 is 25.0 Å². The van der Waals surface area contributed by atoms with E-state index in [1.165, 1.54) is 17.7 Å². The van der Waals surface area contributed by atoms with Crippen molar-refractivity contribution in [2.24, 2.45) is 0 Å². The summed E-state index contributed by atoms with van der Waals surface area (Å²) in [7, 11) is 1.55. The maximum atomic E-state index is 13.5. The van der Waals surface area contributed by atoms with Crippen LogP contribution in [-0.4, -0.2) is 69.9 Å². The van der Waals surface area contributed by atoms with Gasteiger partial charge in [0.2, 0.25) is 5.91 Å². The molecule has 0 spiro atoms. The van der Waals surface area contributed by atoms with E-state index < -0.39 is 6.04 Å². The van der Waals surface area contributed by atoms with Crippen LogP contribution in [0.15, 0.2) is 66.3 Å². The van der Waals surface area contributed by atoms with Crippen LogP contribution in [0.1, 0.15) is 29.1 Å². The first-order chi connectivity index (χ1) is 21.0. The predicted molar refractivity (Wildman–Crippen MR) is 162 cm³/mol. The zero-order valence-electron chi connectivity index (χ0n) is 23.7. The summed E-state index contributed by atoms with van der Waals surface area (Å²) in [5.74, 6) is 2.20. The third-order valence-corrected chi connectivity index (χ3v) is 7.85. The van der Waals surface area contributed by atoms with Crippen LogP contribution < -0.4 is 25.0 Å². The van der Waals surface area contributed by atoms with Crippen molar-refractivity contribution >= 4 is 39.2 Å². The molecule has 1 aliphatic rings. The second-order valence-corrected chi connectivity index (χ2v) is 10.8. The Morgan fingerprint density at radius 3 is 2.74 bits per heavy atom. The van der Waals surface area contributed by atoms with Crippen LogP contribution >= 0.6 is 11.3 Å². The van der Waals surface area contributed by atoms with Crippen LogP contribution in [0.5, 0.6) is 11.5 Å². The Morgan fingerprint density at radius 1 is 1.05 bits per heavy atom. The molecule has 0 aliphatic carbocycles. The van der Waals surface area contributed by atoms with Crippen LogP contribution in [0.25, 0.3) is 21.6 Å². The molecular formula is C30H30N8O4S. The quantitative estimate of drug-likeness (QED) is 0.320. The maximum absolute atomic E-state index is 13.5. The molecule has 2 bridgehead atoms. The first-order valence-corrected chi connectivity index (χ1v) is 14.7. The first kappa shape index (κ1) is 28.1. The molecule has 0 radical (unpaired) electrons. The van der Waals surface area contributed by atoms with Gasteiger partial charge in [0.1, 0.15) is 29.4 Å². The lowest BCUT2D eigenvalue weighted by molar-refractivity contribution is -0.120. The molecule has 0 saturated heterocycles. The molecule has 4 heterocycles. The van der Waals surface area contributed by atoms with Crippen LogP contribution in [0.2, 0.25) is 0 Å². The third kappa shape index (κ3) is 6.11. The second-order valence-electron chi connectivity index (χ2n) is 9.90. The fraction of sp³-hybridized carbons (Fsp3) is 0.267. The molecule has 0 saturated carbocycles. The number of amides is 2. The van der Waals surface area contributed by atoms with E-state index in [4.69, 9.17) is 19.6 Å². The van der Waals surface area contributed by atoms with E-state index in [2.05, 4.69) is 20.6 Å². The molecule has 1 atom stereocenters.